The van der Waals surface area contributed by atoms with Crippen molar-refractivity contribution < 1.29 is 4.92 Å². The highest BCUT2D eigenvalue weighted by atomic mass is 16.6. The van der Waals surface area contributed by atoms with Crippen LogP contribution < -0.4 is 11.1 Å². The zero-order valence-electron chi connectivity index (χ0n) is 13.1. The summed E-state index contributed by atoms with van der Waals surface area (Å²) < 4.78 is 0. The van der Waals surface area contributed by atoms with Crippen LogP contribution in [0.1, 0.15) is 11.1 Å². The Morgan fingerprint density at radius 2 is 1.96 bits per heavy atom. The van der Waals surface area contributed by atoms with Crippen LogP contribution in [-0.4, -0.2) is 23.7 Å². The van der Waals surface area contributed by atoms with Gasteiger partial charge in [-0.3, -0.25) is 15.1 Å². The van der Waals surface area contributed by atoms with Gasteiger partial charge in [-0.15, -0.1) is 0 Å². The van der Waals surface area contributed by atoms with Crippen LogP contribution in [0.15, 0.2) is 70.9 Å². The van der Waals surface area contributed by atoms with Gasteiger partial charge in [-0.2, -0.15) is 0 Å². The highest BCUT2D eigenvalue weighted by Gasteiger charge is 2.18. The molecule has 3 N–H and O–H groups in total. The second-order valence-electron chi connectivity index (χ2n) is 5.57. The normalized spacial score (nSPS) is 14.9. The summed E-state index contributed by atoms with van der Waals surface area (Å²) in [6.07, 6.45) is 0. The third kappa shape index (κ3) is 3.49. The van der Waals surface area contributed by atoms with E-state index >= 15 is 0 Å². The van der Waals surface area contributed by atoms with Gasteiger partial charge in [0.1, 0.15) is 0 Å². The van der Waals surface area contributed by atoms with Crippen LogP contribution in [0.2, 0.25) is 0 Å². The SMILES string of the molecule is NC1=C(C(=NCc2cccc([N+](=O)[O-])c2)c2ccccc2)CNC1. The Morgan fingerprint density at radius 3 is 2.62 bits per heavy atom. The lowest BCUT2D eigenvalue weighted by Crippen LogP contribution is -2.14. The third-order valence-corrected chi connectivity index (χ3v) is 3.88. The molecule has 0 fully saturated rings. The van der Waals surface area contributed by atoms with Crippen molar-refractivity contribution in [1.29, 1.82) is 0 Å². The molecule has 122 valence electrons. The fraction of sp³-hybridized carbons (Fsp3) is 0.167. The Balaban J connectivity index is 1.94. The fourth-order valence-electron chi connectivity index (χ4n) is 2.67. The van der Waals surface area contributed by atoms with E-state index in [1.807, 2.05) is 36.4 Å². The molecule has 0 bridgehead atoms. The summed E-state index contributed by atoms with van der Waals surface area (Å²) in [6.45, 7) is 1.69. The monoisotopic (exact) mass is 322 g/mol. The average Bonchev–Trinajstić information content (AvgIpc) is 3.02. The molecule has 1 heterocycles. The molecule has 6 heteroatoms. The van der Waals surface area contributed by atoms with Gasteiger partial charge in [0.25, 0.3) is 5.69 Å². The number of nitrogens with zero attached hydrogens (tertiary/aromatic N) is 2. The van der Waals surface area contributed by atoms with E-state index in [-0.39, 0.29) is 5.69 Å². The molecule has 1 aliphatic heterocycles. The van der Waals surface area contributed by atoms with Gasteiger partial charge in [0.15, 0.2) is 0 Å². The van der Waals surface area contributed by atoms with Gasteiger partial charge in [0.05, 0.1) is 17.2 Å². The van der Waals surface area contributed by atoms with Crippen molar-refractivity contribution >= 4 is 11.4 Å². The Labute approximate surface area is 139 Å². The first-order valence-corrected chi connectivity index (χ1v) is 7.67. The topological polar surface area (TPSA) is 93.5 Å². The van der Waals surface area contributed by atoms with Crippen LogP contribution in [0.4, 0.5) is 5.69 Å². The molecule has 0 unspecified atom stereocenters. The molecule has 1 aliphatic rings. The van der Waals surface area contributed by atoms with Gasteiger partial charge in [-0.25, -0.2) is 0 Å². The Hall–Kier alpha value is -2.99. The van der Waals surface area contributed by atoms with Gasteiger partial charge < -0.3 is 11.1 Å². The van der Waals surface area contributed by atoms with Gasteiger partial charge in [0, 0.05) is 42.1 Å². The molecule has 2 aromatic carbocycles. The lowest BCUT2D eigenvalue weighted by Gasteiger charge is -2.09. The van der Waals surface area contributed by atoms with E-state index in [1.54, 1.807) is 12.1 Å². The molecule has 0 radical (unpaired) electrons. The van der Waals surface area contributed by atoms with Crippen LogP contribution in [0, 0.1) is 10.1 Å². The third-order valence-electron chi connectivity index (χ3n) is 3.88. The van der Waals surface area contributed by atoms with Crippen molar-refractivity contribution in [2.24, 2.45) is 10.7 Å². The number of rotatable bonds is 5. The smallest absolute Gasteiger partial charge is 0.269 e. The Morgan fingerprint density at radius 1 is 1.17 bits per heavy atom. The molecule has 24 heavy (non-hydrogen) atoms. The average molecular weight is 322 g/mol. The number of hydrogen-bond acceptors (Lipinski definition) is 5. The molecule has 0 spiro atoms. The van der Waals surface area contributed by atoms with Gasteiger partial charge in [-0.1, -0.05) is 42.5 Å². The van der Waals surface area contributed by atoms with Crippen LogP contribution in [0.3, 0.4) is 0 Å². The fourth-order valence-corrected chi connectivity index (χ4v) is 2.67. The number of non-ortho nitro benzene ring substituents is 1. The lowest BCUT2D eigenvalue weighted by atomic mass is 10.0. The second kappa shape index (κ2) is 7.06. The minimum absolute atomic E-state index is 0.0743. The second-order valence-corrected chi connectivity index (χ2v) is 5.57. The lowest BCUT2D eigenvalue weighted by molar-refractivity contribution is -0.384. The van der Waals surface area contributed by atoms with E-state index in [0.29, 0.717) is 19.6 Å². The standard InChI is InChI=1S/C18H18N4O2/c19-17-12-20-11-16(17)18(14-6-2-1-3-7-14)21-10-13-5-4-8-15(9-13)22(23)24/h1-9,20H,10-12,19H2. The molecule has 6 nitrogen and oxygen atoms in total. The maximum absolute atomic E-state index is 10.9. The van der Waals surface area contributed by atoms with E-state index in [1.165, 1.54) is 6.07 Å². The number of hydrogen-bond donors (Lipinski definition) is 2. The highest BCUT2D eigenvalue weighted by Crippen LogP contribution is 2.18. The van der Waals surface area contributed by atoms with E-state index in [4.69, 9.17) is 10.7 Å². The maximum atomic E-state index is 10.9. The summed E-state index contributed by atoms with van der Waals surface area (Å²) in [7, 11) is 0. The van der Waals surface area contributed by atoms with Crippen molar-refractivity contribution in [2.45, 2.75) is 6.54 Å². The van der Waals surface area contributed by atoms with Crippen LogP contribution in [-0.2, 0) is 6.54 Å². The summed E-state index contributed by atoms with van der Waals surface area (Å²) >= 11 is 0. The summed E-state index contributed by atoms with van der Waals surface area (Å²) in [4.78, 5) is 15.2. The van der Waals surface area contributed by atoms with Gasteiger partial charge >= 0.3 is 0 Å². The van der Waals surface area contributed by atoms with E-state index in [9.17, 15) is 10.1 Å². The predicted octanol–water partition coefficient (Wildman–Crippen LogP) is 2.40. The first-order valence-electron chi connectivity index (χ1n) is 7.67. The van der Waals surface area contributed by atoms with Crippen molar-refractivity contribution in [3.63, 3.8) is 0 Å². The molecule has 0 amide bonds. The van der Waals surface area contributed by atoms with Crippen molar-refractivity contribution in [1.82, 2.24) is 5.32 Å². The number of nitrogens with two attached hydrogens (primary N) is 1. The quantitative estimate of drug-likeness (QED) is 0.502. The van der Waals surface area contributed by atoms with Crippen LogP contribution in [0.5, 0.6) is 0 Å². The molecule has 0 saturated carbocycles. The van der Waals surface area contributed by atoms with E-state index < -0.39 is 4.92 Å². The minimum Gasteiger partial charge on any atom is -0.401 e. The Bertz CT molecular complexity index is 813. The van der Waals surface area contributed by atoms with Gasteiger partial charge in [-0.05, 0) is 5.56 Å². The van der Waals surface area contributed by atoms with Crippen molar-refractivity contribution in [3.05, 3.63) is 87.1 Å². The molecular formula is C18H18N4O2. The number of nitrogens with one attached hydrogen (secondary N) is 1. The molecule has 3 rings (SSSR count). The number of nitro benzene ring substituents is 1. The molecule has 0 aliphatic carbocycles. The molecule has 0 aromatic heterocycles. The number of benzene rings is 2. The largest absolute Gasteiger partial charge is 0.401 e. The molecule has 2 aromatic rings. The first-order chi connectivity index (χ1) is 11.6. The van der Waals surface area contributed by atoms with Crippen molar-refractivity contribution in [3.8, 4) is 0 Å². The Kier molecular flexibility index (Phi) is 4.67. The molecule has 0 atom stereocenters. The summed E-state index contributed by atoms with van der Waals surface area (Å²) in [5.74, 6) is 0. The number of nitro groups is 1. The minimum atomic E-state index is -0.396. The maximum Gasteiger partial charge on any atom is 0.269 e. The van der Waals surface area contributed by atoms with Gasteiger partial charge in [0.2, 0.25) is 0 Å². The first kappa shape index (κ1) is 15.9. The highest BCUT2D eigenvalue weighted by molar-refractivity contribution is 6.13. The summed E-state index contributed by atoms with van der Waals surface area (Å²) in [6, 6.07) is 16.4. The predicted molar refractivity (Wildman–Crippen MR) is 93.9 cm³/mol. The molecular weight excluding hydrogens is 304 g/mol. The molecule has 0 saturated heterocycles. The zero-order valence-corrected chi connectivity index (χ0v) is 13.1. The van der Waals surface area contributed by atoms with E-state index in [2.05, 4.69) is 5.32 Å². The van der Waals surface area contributed by atoms with Crippen molar-refractivity contribution in [2.75, 3.05) is 13.1 Å². The van der Waals surface area contributed by atoms with Crippen LogP contribution >= 0.6 is 0 Å². The number of aliphatic imine (C=N–C) groups is 1. The zero-order chi connectivity index (χ0) is 16.9. The summed E-state index contributed by atoms with van der Waals surface area (Å²) in [5, 5.41) is 14.1. The van der Waals surface area contributed by atoms with Crippen LogP contribution in [0.25, 0.3) is 0 Å². The summed E-state index contributed by atoms with van der Waals surface area (Å²) in [5.41, 5.74) is 10.6. The van der Waals surface area contributed by atoms with E-state index in [0.717, 1.165) is 28.1 Å².